The first-order chi connectivity index (χ1) is 9.95. The summed E-state index contributed by atoms with van der Waals surface area (Å²) in [6, 6.07) is 6.35. The molecule has 0 saturated heterocycles. The maximum absolute atomic E-state index is 12.4. The molecule has 2 atom stereocenters. The second-order valence-corrected chi connectivity index (χ2v) is 5.96. The number of carbonyl (C=O) groups is 2. The number of urea groups is 1. The van der Waals surface area contributed by atoms with Gasteiger partial charge in [-0.3, -0.25) is 9.69 Å². The smallest absolute Gasteiger partial charge is 0.323 e. The van der Waals surface area contributed by atoms with Gasteiger partial charge >= 0.3 is 12.0 Å². The maximum atomic E-state index is 12.4. The van der Waals surface area contributed by atoms with E-state index in [1.807, 2.05) is 0 Å². The van der Waals surface area contributed by atoms with E-state index in [4.69, 9.17) is 16.7 Å². The molecule has 114 valence electrons. The van der Waals surface area contributed by atoms with E-state index in [-0.39, 0.29) is 6.04 Å². The molecule has 0 radical (unpaired) electrons. The summed E-state index contributed by atoms with van der Waals surface area (Å²) in [5.41, 5.74) is 0.480. The normalized spacial score (nSPS) is 21.0. The number of rotatable bonds is 4. The summed E-state index contributed by atoms with van der Waals surface area (Å²) in [6.07, 6.45) is 2.95. The highest BCUT2D eigenvalue weighted by Crippen LogP contribution is 2.25. The Bertz CT molecular complexity index is 535. The van der Waals surface area contributed by atoms with E-state index in [9.17, 15) is 9.59 Å². The molecule has 0 spiro atoms. The first-order valence-corrected chi connectivity index (χ1v) is 7.39. The number of halogens is 1. The van der Waals surface area contributed by atoms with Crippen LogP contribution in [-0.4, -0.2) is 29.7 Å². The Morgan fingerprint density at radius 3 is 2.76 bits per heavy atom. The molecule has 1 aromatic rings. The monoisotopic (exact) mass is 310 g/mol. The van der Waals surface area contributed by atoms with E-state index in [0.717, 1.165) is 19.3 Å². The molecule has 1 aromatic carbocycles. The molecule has 2 N–H and O–H groups in total. The van der Waals surface area contributed by atoms with Gasteiger partial charge in [-0.05, 0) is 43.4 Å². The average Bonchev–Trinajstić information content (AvgIpc) is 2.81. The fourth-order valence-corrected chi connectivity index (χ4v) is 2.83. The Morgan fingerprint density at radius 2 is 2.19 bits per heavy atom. The van der Waals surface area contributed by atoms with E-state index < -0.39 is 18.5 Å². The van der Waals surface area contributed by atoms with Crippen LogP contribution in [0.2, 0.25) is 5.02 Å². The minimum absolute atomic E-state index is 0.114. The number of aliphatic carboxylic acids is 1. The average molecular weight is 311 g/mol. The van der Waals surface area contributed by atoms with Crippen LogP contribution in [0.3, 0.4) is 0 Å². The van der Waals surface area contributed by atoms with Crippen LogP contribution in [-0.2, 0) is 4.79 Å². The SMILES string of the molecule is CC1CCC(NC(=O)N(CC(=O)O)c2cccc(Cl)c2)C1. The van der Waals surface area contributed by atoms with Crippen molar-refractivity contribution < 1.29 is 14.7 Å². The predicted molar refractivity (Wildman–Crippen MR) is 81.8 cm³/mol. The molecule has 5 nitrogen and oxygen atoms in total. The number of carboxylic acid groups (broad SMARTS) is 1. The van der Waals surface area contributed by atoms with Crippen molar-refractivity contribution in [3.8, 4) is 0 Å². The van der Waals surface area contributed by atoms with Crippen molar-refractivity contribution in [2.75, 3.05) is 11.4 Å². The number of hydrogen-bond donors (Lipinski definition) is 2. The number of nitrogens with one attached hydrogen (secondary N) is 1. The predicted octanol–water partition coefficient (Wildman–Crippen LogP) is 3.13. The highest BCUT2D eigenvalue weighted by Gasteiger charge is 2.26. The van der Waals surface area contributed by atoms with Gasteiger partial charge in [0, 0.05) is 16.8 Å². The lowest BCUT2D eigenvalue weighted by molar-refractivity contribution is -0.135. The van der Waals surface area contributed by atoms with Crippen LogP contribution in [0.4, 0.5) is 10.5 Å². The zero-order chi connectivity index (χ0) is 15.4. The number of carboxylic acids is 1. The summed E-state index contributed by atoms with van der Waals surface area (Å²) in [5, 5.41) is 12.4. The Hall–Kier alpha value is -1.75. The molecule has 1 fully saturated rings. The van der Waals surface area contributed by atoms with Gasteiger partial charge in [-0.25, -0.2) is 4.79 Å². The summed E-state index contributed by atoms with van der Waals surface area (Å²) in [5.74, 6) is -0.473. The van der Waals surface area contributed by atoms with Crippen molar-refractivity contribution in [3.63, 3.8) is 0 Å². The lowest BCUT2D eigenvalue weighted by Crippen LogP contribution is -2.46. The number of hydrogen-bond acceptors (Lipinski definition) is 2. The Morgan fingerprint density at radius 1 is 1.43 bits per heavy atom. The van der Waals surface area contributed by atoms with Crippen LogP contribution >= 0.6 is 11.6 Å². The van der Waals surface area contributed by atoms with Crippen LogP contribution in [0, 0.1) is 5.92 Å². The van der Waals surface area contributed by atoms with Gasteiger partial charge < -0.3 is 10.4 Å². The Labute approximate surface area is 128 Å². The van der Waals surface area contributed by atoms with Crippen molar-refractivity contribution in [3.05, 3.63) is 29.3 Å². The molecule has 2 rings (SSSR count). The molecule has 0 aliphatic heterocycles. The summed E-state index contributed by atoms with van der Waals surface area (Å²) < 4.78 is 0. The van der Waals surface area contributed by atoms with Gasteiger partial charge in [-0.2, -0.15) is 0 Å². The van der Waals surface area contributed by atoms with Gasteiger partial charge in [0.15, 0.2) is 0 Å². The molecule has 1 saturated carbocycles. The molecule has 0 bridgehead atoms. The lowest BCUT2D eigenvalue weighted by atomic mass is 10.1. The van der Waals surface area contributed by atoms with Crippen LogP contribution < -0.4 is 10.2 Å². The quantitative estimate of drug-likeness (QED) is 0.897. The second-order valence-electron chi connectivity index (χ2n) is 5.52. The number of anilines is 1. The Balaban J connectivity index is 2.11. The first kappa shape index (κ1) is 15.6. The third kappa shape index (κ3) is 4.36. The van der Waals surface area contributed by atoms with E-state index >= 15 is 0 Å². The minimum atomic E-state index is -1.06. The van der Waals surface area contributed by atoms with Crippen molar-refractivity contribution in [2.45, 2.75) is 32.2 Å². The van der Waals surface area contributed by atoms with Crippen molar-refractivity contribution in [1.82, 2.24) is 5.32 Å². The van der Waals surface area contributed by atoms with E-state index in [2.05, 4.69) is 12.2 Å². The molecule has 2 unspecified atom stereocenters. The highest BCUT2D eigenvalue weighted by atomic mass is 35.5. The fourth-order valence-electron chi connectivity index (χ4n) is 2.65. The van der Waals surface area contributed by atoms with Gasteiger partial charge in [0.2, 0.25) is 0 Å². The van der Waals surface area contributed by atoms with Gasteiger partial charge in [-0.1, -0.05) is 24.6 Å². The van der Waals surface area contributed by atoms with E-state index in [1.54, 1.807) is 24.3 Å². The maximum Gasteiger partial charge on any atom is 0.323 e. The van der Waals surface area contributed by atoms with Gasteiger partial charge in [-0.15, -0.1) is 0 Å². The standard InChI is InChI=1S/C15H19ClN2O3/c1-10-5-6-12(7-10)17-15(21)18(9-14(19)20)13-4-2-3-11(16)8-13/h2-4,8,10,12H,5-7,9H2,1H3,(H,17,21)(H,19,20). The van der Waals surface area contributed by atoms with Crippen LogP contribution in [0.5, 0.6) is 0 Å². The van der Waals surface area contributed by atoms with Crippen molar-refractivity contribution in [2.24, 2.45) is 5.92 Å². The highest BCUT2D eigenvalue weighted by molar-refractivity contribution is 6.30. The van der Waals surface area contributed by atoms with Crippen LogP contribution in [0.15, 0.2) is 24.3 Å². The molecule has 6 heteroatoms. The molecule has 1 aliphatic carbocycles. The number of carbonyl (C=O) groups excluding carboxylic acids is 1. The third-order valence-corrected chi connectivity index (χ3v) is 3.92. The summed E-state index contributed by atoms with van der Waals surface area (Å²) in [4.78, 5) is 24.6. The summed E-state index contributed by atoms with van der Waals surface area (Å²) >= 11 is 5.91. The van der Waals surface area contributed by atoms with Gasteiger partial charge in [0.25, 0.3) is 0 Å². The van der Waals surface area contributed by atoms with Gasteiger partial charge in [0.05, 0.1) is 0 Å². The Kier molecular flexibility index (Phi) is 5.07. The molecule has 1 aliphatic rings. The summed E-state index contributed by atoms with van der Waals surface area (Å²) in [7, 11) is 0. The zero-order valence-electron chi connectivity index (χ0n) is 11.9. The molecule has 21 heavy (non-hydrogen) atoms. The second kappa shape index (κ2) is 6.80. The zero-order valence-corrected chi connectivity index (χ0v) is 12.6. The lowest BCUT2D eigenvalue weighted by Gasteiger charge is -2.24. The molecular formula is C15H19ClN2O3. The largest absolute Gasteiger partial charge is 0.480 e. The topological polar surface area (TPSA) is 69.6 Å². The van der Waals surface area contributed by atoms with Gasteiger partial charge in [0.1, 0.15) is 6.54 Å². The molecule has 0 aromatic heterocycles. The minimum Gasteiger partial charge on any atom is -0.480 e. The molecule has 0 heterocycles. The number of nitrogens with zero attached hydrogens (tertiary/aromatic N) is 1. The van der Waals surface area contributed by atoms with Crippen LogP contribution in [0.25, 0.3) is 0 Å². The third-order valence-electron chi connectivity index (χ3n) is 3.68. The number of benzene rings is 1. The first-order valence-electron chi connectivity index (χ1n) is 7.01. The molecule has 2 amide bonds. The fraction of sp³-hybridized carbons (Fsp3) is 0.467. The van der Waals surface area contributed by atoms with Crippen molar-refractivity contribution in [1.29, 1.82) is 0 Å². The van der Waals surface area contributed by atoms with E-state index in [1.165, 1.54) is 4.90 Å². The van der Waals surface area contributed by atoms with E-state index in [0.29, 0.717) is 16.6 Å². The molecular weight excluding hydrogens is 292 g/mol. The number of amides is 2. The van der Waals surface area contributed by atoms with Crippen molar-refractivity contribution >= 4 is 29.3 Å². The summed E-state index contributed by atoms with van der Waals surface area (Å²) in [6.45, 7) is 1.76. The van der Waals surface area contributed by atoms with Crippen LogP contribution in [0.1, 0.15) is 26.2 Å².